The molecule has 0 atom stereocenters. The molecule has 0 unspecified atom stereocenters. The molecule has 35 heavy (non-hydrogen) atoms. The van der Waals surface area contributed by atoms with Gasteiger partial charge in [-0.3, -0.25) is 20.0 Å². The van der Waals surface area contributed by atoms with Crippen LogP contribution in [-0.2, 0) is 4.74 Å². The summed E-state index contributed by atoms with van der Waals surface area (Å²) in [6, 6.07) is 2.56. The van der Waals surface area contributed by atoms with Gasteiger partial charge in [0.1, 0.15) is 12.0 Å². The number of likely N-dealkylation sites (tertiary alicyclic amines) is 1. The number of methoxy groups -OCH3 is 1. The van der Waals surface area contributed by atoms with E-state index < -0.39 is 0 Å². The lowest BCUT2D eigenvalue weighted by Gasteiger charge is -2.41. The second kappa shape index (κ2) is 9.01. The monoisotopic (exact) mass is 474 g/mol. The predicted molar refractivity (Wildman–Crippen MR) is 130 cm³/mol. The molecule has 4 aromatic heterocycles. The Bertz CT molecular complexity index is 1320. The second-order valence-corrected chi connectivity index (χ2v) is 9.67. The quantitative estimate of drug-likeness (QED) is 0.454. The van der Waals surface area contributed by atoms with Gasteiger partial charge >= 0.3 is 0 Å². The van der Waals surface area contributed by atoms with E-state index >= 15 is 0 Å². The first-order chi connectivity index (χ1) is 17.1. The number of hydrogen-bond donors (Lipinski definition) is 1. The molecule has 1 N–H and O–H groups in total. The standard InChI is InChI=1S/C25H30N8O2/c1-15(2)22-23(17-8-21(34-3)25-28-14-29-33(25)11-17)30-31-24(22)20-10-26-19(9-27-20)16-4-6-32(7-5-16)18-12-35-13-18/h8-11,14-16,18H,4-7,12-13H2,1-3H3,(H,30,31). The number of piperidine rings is 1. The minimum absolute atomic E-state index is 0.220. The molecule has 4 aromatic rings. The highest BCUT2D eigenvalue weighted by Gasteiger charge is 2.30. The molecule has 10 nitrogen and oxygen atoms in total. The number of pyridine rings is 1. The first-order valence-corrected chi connectivity index (χ1v) is 12.2. The molecule has 10 heteroatoms. The summed E-state index contributed by atoms with van der Waals surface area (Å²) in [6.07, 6.45) is 9.49. The van der Waals surface area contributed by atoms with E-state index in [2.05, 4.69) is 39.0 Å². The van der Waals surface area contributed by atoms with Gasteiger partial charge in [0.2, 0.25) is 0 Å². The number of ether oxygens (including phenoxy) is 2. The highest BCUT2D eigenvalue weighted by atomic mass is 16.5. The summed E-state index contributed by atoms with van der Waals surface area (Å²) < 4.78 is 12.6. The number of aromatic amines is 1. The molecule has 2 fully saturated rings. The van der Waals surface area contributed by atoms with Crippen LogP contribution in [0.1, 0.15) is 49.8 Å². The lowest BCUT2D eigenvalue weighted by atomic mass is 9.92. The van der Waals surface area contributed by atoms with Crippen molar-refractivity contribution in [3.63, 3.8) is 0 Å². The fraction of sp³-hybridized carbons (Fsp3) is 0.480. The zero-order chi connectivity index (χ0) is 23.9. The molecule has 0 radical (unpaired) electrons. The molecule has 0 aliphatic carbocycles. The Morgan fingerprint density at radius 3 is 2.60 bits per heavy atom. The van der Waals surface area contributed by atoms with Gasteiger partial charge < -0.3 is 9.47 Å². The number of fused-ring (bicyclic) bond motifs is 1. The smallest absolute Gasteiger partial charge is 0.197 e. The van der Waals surface area contributed by atoms with E-state index in [-0.39, 0.29) is 5.92 Å². The Hall–Kier alpha value is -3.37. The van der Waals surface area contributed by atoms with E-state index in [0.717, 1.165) is 73.0 Å². The third-order valence-electron chi connectivity index (χ3n) is 7.23. The maximum Gasteiger partial charge on any atom is 0.197 e. The molecule has 182 valence electrons. The van der Waals surface area contributed by atoms with E-state index in [0.29, 0.717) is 23.4 Å². The molecule has 0 saturated carbocycles. The molecule has 6 rings (SSSR count). The number of nitrogens with one attached hydrogen (secondary N) is 1. The van der Waals surface area contributed by atoms with Crippen molar-refractivity contribution in [1.29, 1.82) is 0 Å². The van der Waals surface area contributed by atoms with Crippen LogP contribution < -0.4 is 4.74 Å². The van der Waals surface area contributed by atoms with Crippen LogP contribution in [0.2, 0.25) is 0 Å². The highest BCUT2D eigenvalue weighted by Crippen LogP contribution is 2.37. The van der Waals surface area contributed by atoms with Crippen molar-refractivity contribution >= 4 is 5.65 Å². The van der Waals surface area contributed by atoms with Gasteiger partial charge in [-0.25, -0.2) is 9.50 Å². The Kier molecular flexibility index (Phi) is 5.69. The number of rotatable bonds is 6. The zero-order valence-electron chi connectivity index (χ0n) is 20.3. The van der Waals surface area contributed by atoms with Gasteiger partial charge in [0, 0.05) is 29.4 Å². The molecule has 2 aliphatic heterocycles. The van der Waals surface area contributed by atoms with Gasteiger partial charge in [-0.05, 0) is 37.9 Å². The van der Waals surface area contributed by atoms with Crippen LogP contribution >= 0.6 is 0 Å². The third-order valence-corrected chi connectivity index (χ3v) is 7.23. The van der Waals surface area contributed by atoms with Crippen LogP contribution in [0.4, 0.5) is 0 Å². The summed E-state index contributed by atoms with van der Waals surface area (Å²) in [7, 11) is 1.63. The van der Waals surface area contributed by atoms with Crippen LogP contribution in [0.15, 0.2) is 31.0 Å². The van der Waals surface area contributed by atoms with Crippen LogP contribution in [-0.4, -0.2) is 79.1 Å². The molecule has 0 spiro atoms. The summed E-state index contributed by atoms with van der Waals surface area (Å²) in [5.74, 6) is 1.33. The summed E-state index contributed by atoms with van der Waals surface area (Å²) in [5, 5.41) is 12.2. The number of hydrogen-bond acceptors (Lipinski definition) is 8. The van der Waals surface area contributed by atoms with E-state index in [9.17, 15) is 0 Å². The molecule has 0 bridgehead atoms. The van der Waals surface area contributed by atoms with Gasteiger partial charge in [0.05, 0.1) is 49.6 Å². The maximum atomic E-state index is 5.55. The van der Waals surface area contributed by atoms with Crippen LogP contribution in [0, 0.1) is 0 Å². The fourth-order valence-electron chi connectivity index (χ4n) is 5.18. The Balaban J connectivity index is 1.27. The van der Waals surface area contributed by atoms with Crippen molar-refractivity contribution in [3.8, 4) is 28.4 Å². The molecule has 2 aliphatic rings. The second-order valence-electron chi connectivity index (χ2n) is 9.67. The summed E-state index contributed by atoms with van der Waals surface area (Å²) in [5.41, 5.74) is 6.28. The largest absolute Gasteiger partial charge is 0.493 e. The Morgan fingerprint density at radius 1 is 1.11 bits per heavy atom. The predicted octanol–water partition coefficient (Wildman–Crippen LogP) is 3.29. The molecular weight excluding hydrogens is 444 g/mol. The fourth-order valence-corrected chi connectivity index (χ4v) is 5.18. The van der Waals surface area contributed by atoms with Crippen molar-refractivity contribution in [2.75, 3.05) is 33.4 Å². The van der Waals surface area contributed by atoms with Crippen LogP contribution in [0.5, 0.6) is 5.75 Å². The van der Waals surface area contributed by atoms with Gasteiger partial charge in [-0.15, -0.1) is 0 Å². The van der Waals surface area contributed by atoms with E-state index in [1.54, 1.807) is 11.6 Å². The molecule has 0 amide bonds. The average Bonchev–Trinajstić information content (AvgIpc) is 3.50. The first kappa shape index (κ1) is 22.1. The van der Waals surface area contributed by atoms with Crippen molar-refractivity contribution < 1.29 is 9.47 Å². The lowest BCUT2D eigenvalue weighted by molar-refractivity contribution is -0.0713. The SMILES string of the molecule is COc1cc(-c2n[nH]c(-c3cnc(C4CCN(C5COC5)CC4)cn3)c2C(C)C)cn2ncnc12. The van der Waals surface area contributed by atoms with E-state index in [1.165, 1.54) is 6.33 Å². The van der Waals surface area contributed by atoms with Crippen LogP contribution in [0.3, 0.4) is 0 Å². The number of nitrogens with zero attached hydrogens (tertiary/aromatic N) is 7. The van der Waals surface area contributed by atoms with Crippen molar-refractivity contribution in [3.05, 3.63) is 42.2 Å². The average molecular weight is 475 g/mol. The Labute approximate surface area is 203 Å². The highest BCUT2D eigenvalue weighted by molar-refractivity contribution is 5.75. The normalized spacial score (nSPS) is 17.8. The van der Waals surface area contributed by atoms with Crippen molar-refractivity contribution in [2.24, 2.45) is 0 Å². The van der Waals surface area contributed by atoms with Crippen molar-refractivity contribution in [1.82, 2.24) is 39.7 Å². The number of aromatic nitrogens is 7. The summed E-state index contributed by atoms with van der Waals surface area (Å²) >= 11 is 0. The van der Waals surface area contributed by atoms with Crippen LogP contribution in [0.25, 0.3) is 28.3 Å². The van der Waals surface area contributed by atoms with E-state index in [4.69, 9.17) is 19.4 Å². The minimum Gasteiger partial charge on any atom is -0.493 e. The summed E-state index contributed by atoms with van der Waals surface area (Å²) in [6.45, 7) is 8.27. The van der Waals surface area contributed by atoms with Crippen molar-refractivity contribution in [2.45, 2.75) is 44.6 Å². The van der Waals surface area contributed by atoms with E-state index in [1.807, 2.05) is 24.7 Å². The minimum atomic E-state index is 0.220. The molecule has 6 heterocycles. The third kappa shape index (κ3) is 3.96. The molecular formula is C25H30N8O2. The molecule has 0 aromatic carbocycles. The zero-order valence-corrected chi connectivity index (χ0v) is 20.3. The topological polar surface area (TPSA) is 106 Å². The van der Waals surface area contributed by atoms with Gasteiger partial charge in [-0.1, -0.05) is 13.8 Å². The Morgan fingerprint density at radius 2 is 1.94 bits per heavy atom. The first-order valence-electron chi connectivity index (χ1n) is 12.2. The number of H-pyrrole nitrogens is 1. The maximum absolute atomic E-state index is 5.55. The lowest BCUT2D eigenvalue weighted by Crippen LogP contribution is -2.51. The van der Waals surface area contributed by atoms with Gasteiger partial charge in [0.15, 0.2) is 11.4 Å². The summed E-state index contributed by atoms with van der Waals surface area (Å²) in [4.78, 5) is 16.5. The van der Waals surface area contributed by atoms with Gasteiger partial charge in [-0.2, -0.15) is 10.2 Å². The van der Waals surface area contributed by atoms with Gasteiger partial charge in [0.25, 0.3) is 0 Å². The molecule has 2 saturated heterocycles.